The van der Waals surface area contributed by atoms with E-state index in [1.807, 2.05) is 66.7 Å². The lowest BCUT2D eigenvalue weighted by Gasteiger charge is -2.17. The van der Waals surface area contributed by atoms with E-state index in [1.54, 1.807) is 0 Å². The van der Waals surface area contributed by atoms with Crippen molar-refractivity contribution in [3.05, 3.63) is 97.1 Å². The Kier molecular flexibility index (Phi) is 4.16. The van der Waals surface area contributed by atoms with Gasteiger partial charge >= 0.3 is 0 Å². The Morgan fingerprint density at radius 2 is 0.962 bits per heavy atom. The number of anilines is 2. The van der Waals surface area contributed by atoms with E-state index in [9.17, 15) is 0 Å². The zero-order chi connectivity index (χ0) is 17.9. The molecule has 0 saturated heterocycles. The van der Waals surface area contributed by atoms with Crippen molar-refractivity contribution in [2.45, 2.75) is 0 Å². The number of rotatable bonds is 3. The molecule has 4 N–H and O–H groups in total. The molecule has 2 heteroatoms. The molecule has 0 aromatic heterocycles. The van der Waals surface area contributed by atoms with E-state index < -0.39 is 0 Å². The van der Waals surface area contributed by atoms with E-state index in [0.29, 0.717) is 11.4 Å². The SMILES string of the molecule is Nc1ccc(-c2ccccc2-c2ccccc2)c(N)c1-c1ccccc1. The van der Waals surface area contributed by atoms with Crippen LogP contribution in [0.15, 0.2) is 97.1 Å². The third-order valence-electron chi connectivity index (χ3n) is 4.64. The van der Waals surface area contributed by atoms with Crippen LogP contribution in [0.25, 0.3) is 33.4 Å². The first-order valence-corrected chi connectivity index (χ1v) is 8.64. The van der Waals surface area contributed by atoms with Gasteiger partial charge < -0.3 is 11.5 Å². The second-order valence-corrected chi connectivity index (χ2v) is 6.27. The average molecular weight is 336 g/mol. The van der Waals surface area contributed by atoms with E-state index in [1.165, 1.54) is 5.56 Å². The van der Waals surface area contributed by atoms with Crippen molar-refractivity contribution in [1.29, 1.82) is 0 Å². The molecule has 0 bridgehead atoms. The Morgan fingerprint density at radius 3 is 1.62 bits per heavy atom. The summed E-state index contributed by atoms with van der Waals surface area (Å²) in [5.41, 5.74) is 20.6. The first kappa shape index (κ1) is 16.0. The molecule has 4 rings (SSSR count). The van der Waals surface area contributed by atoms with Crippen LogP contribution in [0, 0.1) is 0 Å². The molecule has 0 heterocycles. The van der Waals surface area contributed by atoms with Crippen molar-refractivity contribution in [2.24, 2.45) is 0 Å². The highest BCUT2D eigenvalue weighted by atomic mass is 14.6. The van der Waals surface area contributed by atoms with Crippen molar-refractivity contribution >= 4 is 11.4 Å². The Bertz CT molecular complexity index is 1040. The molecule has 4 aromatic carbocycles. The fourth-order valence-corrected chi connectivity index (χ4v) is 3.39. The number of benzene rings is 4. The highest BCUT2D eigenvalue weighted by molar-refractivity contribution is 5.98. The molecule has 0 aliphatic rings. The predicted octanol–water partition coefficient (Wildman–Crippen LogP) is 5.85. The van der Waals surface area contributed by atoms with E-state index in [0.717, 1.165) is 27.8 Å². The minimum atomic E-state index is 0.689. The molecule has 0 aliphatic heterocycles. The molecule has 0 radical (unpaired) electrons. The van der Waals surface area contributed by atoms with Gasteiger partial charge in [0.2, 0.25) is 0 Å². The number of nitrogens with two attached hydrogens (primary N) is 2. The van der Waals surface area contributed by atoms with Crippen LogP contribution in [0.4, 0.5) is 11.4 Å². The van der Waals surface area contributed by atoms with Gasteiger partial charge in [-0.1, -0.05) is 91.0 Å². The minimum absolute atomic E-state index is 0.689. The number of nitrogen functional groups attached to an aromatic ring is 2. The van der Waals surface area contributed by atoms with Gasteiger partial charge in [-0.15, -0.1) is 0 Å². The average Bonchev–Trinajstić information content (AvgIpc) is 2.70. The molecule has 0 atom stereocenters. The summed E-state index contributed by atoms with van der Waals surface area (Å²) in [6, 6.07) is 32.7. The monoisotopic (exact) mass is 336 g/mol. The van der Waals surface area contributed by atoms with E-state index in [2.05, 4.69) is 30.3 Å². The fourth-order valence-electron chi connectivity index (χ4n) is 3.39. The molecular weight excluding hydrogens is 316 g/mol. The quantitative estimate of drug-likeness (QED) is 0.461. The standard InChI is InChI=1S/C24H20N2/c25-22-16-15-21(24(26)23(22)18-11-5-2-6-12-18)20-14-8-7-13-19(20)17-9-3-1-4-10-17/h1-16H,25-26H2. The van der Waals surface area contributed by atoms with Gasteiger partial charge in [-0.3, -0.25) is 0 Å². The lowest BCUT2D eigenvalue weighted by atomic mass is 9.90. The molecule has 2 nitrogen and oxygen atoms in total. The van der Waals surface area contributed by atoms with E-state index in [4.69, 9.17) is 11.5 Å². The zero-order valence-electron chi connectivity index (χ0n) is 14.4. The second-order valence-electron chi connectivity index (χ2n) is 6.27. The summed E-state index contributed by atoms with van der Waals surface area (Å²) in [5, 5.41) is 0. The van der Waals surface area contributed by atoms with Crippen LogP contribution in [-0.4, -0.2) is 0 Å². The van der Waals surface area contributed by atoms with Crippen molar-refractivity contribution < 1.29 is 0 Å². The first-order valence-electron chi connectivity index (χ1n) is 8.64. The predicted molar refractivity (Wildman–Crippen MR) is 112 cm³/mol. The van der Waals surface area contributed by atoms with Crippen LogP contribution >= 0.6 is 0 Å². The third kappa shape index (κ3) is 2.82. The first-order chi connectivity index (χ1) is 12.8. The summed E-state index contributed by atoms with van der Waals surface area (Å²) in [4.78, 5) is 0. The van der Waals surface area contributed by atoms with Crippen LogP contribution in [-0.2, 0) is 0 Å². The van der Waals surface area contributed by atoms with E-state index in [-0.39, 0.29) is 0 Å². The molecule has 4 aromatic rings. The Labute approximate surface area is 153 Å². The molecule has 0 spiro atoms. The Balaban J connectivity index is 1.94. The second kappa shape index (κ2) is 6.77. The molecule has 0 fully saturated rings. The van der Waals surface area contributed by atoms with Crippen LogP contribution in [0.1, 0.15) is 0 Å². The van der Waals surface area contributed by atoms with Crippen LogP contribution in [0.3, 0.4) is 0 Å². The lowest BCUT2D eigenvalue weighted by Crippen LogP contribution is -1.99. The van der Waals surface area contributed by atoms with Crippen molar-refractivity contribution in [2.75, 3.05) is 11.5 Å². The van der Waals surface area contributed by atoms with Gasteiger partial charge in [0.15, 0.2) is 0 Å². The van der Waals surface area contributed by atoms with Crippen LogP contribution in [0.5, 0.6) is 0 Å². The molecular formula is C24H20N2. The molecule has 26 heavy (non-hydrogen) atoms. The van der Waals surface area contributed by atoms with Gasteiger partial charge in [-0.2, -0.15) is 0 Å². The van der Waals surface area contributed by atoms with Gasteiger partial charge in [0.25, 0.3) is 0 Å². The normalized spacial score (nSPS) is 10.6. The Hall–Kier alpha value is -3.52. The maximum absolute atomic E-state index is 6.62. The van der Waals surface area contributed by atoms with Gasteiger partial charge in [-0.25, -0.2) is 0 Å². The minimum Gasteiger partial charge on any atom is -0.398 e. The summed E-state index contributed by atoms with van der Waals surface area (Å²) in [7, 11) is 0. The molecule has 126 valence electrons. The van der Waals surface area contributed by atoms with Crippen LogP contribution in [0.2, 0.25) is 0 Å². The summed E-state index contributed by atoms with van der Waals surface area (Å²) >= 11 is 0. The van der Waals surface area contributed by atoms with Crippen molar-refractivity contribution in [1.82, 2.24) is 0 Å². The molecule has 0 unspecified atom stereocenters. The van der Waals surface area contributed by atoms with Gasteiger partial charge in [0.1, 0.15) is 0 Å². The maximum Gasteiger partial charge on any atom is 0.0494 e. The highest BCUT2D eigenvalue weighted by Crippen LogP contribution is 2.41. The molecule has 0 amide bonds. The molecule has 0 aliphatic carbocycles. The number of hydrogen-bond donors (Lipinski definition) is 2. The highest BCUT2D eigenvalue weighted by Gasteiger charge is 2.15. The summed E-state index contributed by atoms with van der Waals surface area (Å²) in [5.74, 6) is 0. The largest absolute Gasteiger partial charge is 0.398 e. The summed E-state index contributed by atoms with van der Waals surface area (Å²) in [6.45, 7) is 0. The lowest BCUT2D eigenvalue weighted by molar-refractivity contribution is 1.56. The zero-order valence-corrected chi connectivity index (χ0v) is 14.4. The summed E-state index contributed by atoms with van der Waals surface area (Å²) < 4.78 is 0. The molecule has 0 saturated carbocycles. The van der Waals surface area contributed by atoms with Gasteiger partial charge in [-0.05, 0) is 28.3 Å². The number of hydrogen-bond acceptors (Lipinski definition) is 2. The topological polar surface area (TPSA) is 52.0 Å². The van der Waals surface area contributed by atoms with Crippen molar-refractivity contribution in [3.63, 3.8) is 0 Å². The van der Waals surface area contributed by atoms with E-state index >= 15 is 0 Å². The van der Waals surface area contributed by atoms with Crippen molar-refractivity contribution in [3.8, 4) is 33.4 Å². The third-order valence-corrected chi connectivity index (χ3v) is 4.64. The fraction of sp³-hybridized carbons (Fsp3) is 0. The van der Waals surface area contributed by atoms with Crippen LogP contribution < -0.4 is 11.5 Å². The van der Waals surface area contributed by atoms with Gasteiger partial charge in [0, 0.05) is 22.5 Å². The van der Waals surface area contributed by atoms with Gasteiger partial charge in [0.05, 0.1) is 0 Å². The Morgan fingerprint density at radius 1 is 0.423 bits per heavy atom. The smallest absolute Gasteiger partial charge is 0.0494 e. The maximum atomic E-state index is 6.62. The summed E-state index contributed by atoms with van der Waals surface area (Å²) in [6.07, 6.45) is 0.